The number of hydrogen-bond acceptors (Lipinski definition) is 5. The minimum absolute atomic E-state index is 0.00914. The number of benzene rings is 1. The van der Waals surface area contributed by atoms with Gasteiger partial charge in [-0.15, -0.1) is 0 Å². The van der Waals surface area contributed by atoms with Gasteiger partial charge in [-0.25, -0.2) is 4.79 Å². The van der Waals surface area contributed by atoms with Crippen molar-refractivity contribution >= 4 is 5.97 Å². The highest BCUT2D eigenvalue weighted by Crippen LogP contribution is 2.22. The first-order chi connectivity index (χ1) is 13.2. The average Bonchev–Trinajstić information content (AvgIpc) is 3.08. The van der Waals surface area contributed by atoms with Gasteiger partial charge < -0.3 is 19.3 Å². The monoisotopic (exact) mass is 370 g/mol. The van der Waals surface area contributed by atoms with Gasteiger partial charge in [0, 0.05) is 0 Å². The van der Waals surface area contributed by atoms with Gasteiger partial charge in [-0.05, 0) is 43.1 Å². The molecule has 1 saturated heterocycles. The zero-order valence-corrected chi connectivity index (χ0v) is 15.5. The molecule has 1 aliphatic carbocycles. The van der Waals surface area contributed by atoms with Gasteiger partial charge in [0.15, 0.2) is 0 Å². The molecule has 0 spiro atoms. The van der Waals surface area contributed by atoms with Gasteiger partial charge in [0.05, 0.1) is 37.1 Å². The molecule has 27 heavy (non-hydrogen) atoms. The van der Waals surface area contributed by atoms with Crippen LogP contribution in [0.1, 0.15) is 25.3 Å². The molecule has 1 fully saturated rings. The predicted octanol–water partition coefficient (Wildman–Crippen LogP) is 3.10. The summed E-state index contributed by atoms with van der Waals surface area (Å²) in [4.78, 5) is 12.4. The Morgan fingerprint density at radius 2 is 2.00 bits per heavy atom. The molecule has 1 aliphatic heterocycles. The molecule has 0 saturated carbocycles. The van der Waals surface area contributed by atoms with Crippen molar-refractivity contribution in [3.63, 3.8) is 0 Å². The number of esters is 1. The first-order valence-electron chi connectivity index (χ1n) is 9.31. The third-order valence-electron chi connectivity index (χ3n) is 4.70. The van der Waals surface area contributed by atoms with Crippen LogP contribution in [0.25, 0.3) is 0 Å². The second-order valence-corrected chi connectivity index (χ2v) is 6.85. The van der Waals surface area contributed by atoms with E-state index in [1.807, 2.05) is 55.5 Å². The molecular formula is C22H26O5. The number of carbonyl (C=O) groups excluding carboxylic acids is 1. The molecule has 0 bridgehead atoms. The van der Waals surface area contributed by atoms with Gasteiger partial charge in [0.25, 0.3) is 0 Å². The van der Waals surface area contributed by atoms with E-state index in [2.05, 4.69) is 0 Å². The summed E-state index contributed by atoms with van der Waals surface area (Å²) in [6.45, 7) is 2.70. The summed E-state index contributed by atoms with van der Waals surface area (Å²) >= 11 is 0. The van der Waals surface area contributed by atoms with Crippen molar-refractivity contribution in [2.75, 3.05) is 13.2 Å². The minimum Gasteiger partial charge on any atom is -0.457 e. The lowest BCUT2D eigenvalue weighted by atomic mass is 10.1. The number of aliphatic hydroxyl groups excluding tert-OH is 1. The van der Waals surface area contributed by atoms with Crippen LogP contribution in [0.5, 0.6) is 0 Å². The predicted molar refractivity (Wildman–Crippen MR) is 102 cm³/mol. The van der Waals surface area contributed by atoms with Crippen molar-refractivity contribution in [1.29, 1.82) is 0 Å². The topological polar surface area (TPSA) is 65.0 Å². The van der Waals surface area contributed by atoms with Crippen molar-refractivity contribution in [1.82, 2.24) is 0 Å². The molecule has 5 heteroatoms. The maximum Gasteiger partial charge on any atom is 0.338 e. The van der Waals surface area contributed by atoms with Crippen LogP contribution in [-0.2, 0) is 25.6 Å². The summed E-state index contributed by atoms with van der Waals surface area (Å²) in [6.07, 6.45) is 8.76. The van der Waals surface area contributed by atoms with Crippen LogP contribution in [0, 0.1) is 0 Å². The normalized spacial score (nSPS) is 24.9. The summed E-state index contributed by atoms with van der Waals surface area (Å²) in [6, 6.07) is 9.61. The minimum atomic E-state index is -0.353. The lowest BCUT2D eigenvalue weighted by Crippen LogP contribution is -2.23. The Morgan fingerprint density at radius 1 is 1.22 bits per heavy atom. The molecule has 3 atom stereocenters. The summed E-state index contributed by atoms with van der Waals surface area (Å²) in [5, 5.41) is 9.14. The zero-order chi connectivity index (χ0) is 19.1. The fourth-order valence-corrected chi connectivity index (χ4v) is 3.16. The molecule has 1 heterocycles. The standard InChI is InChI=1S/C22H26O5/c1-16-12-18(22(24)26-14-17-6-3-2-4-7-17)8-5-9-21(16)25-15-20-11-10-19(13-23)27-20/h2-9,12,19-21,23H,10-11,13-15H2,1H3/t19-,20+,21?/m0/s1. The quantitative estimate of drug-likeness (QED) is 0.747. The number of aliphatic hydroxyl groups is 1. The van der Waals surface area contributed by atoms with Crippen molar-refractivity contribution in [3.8, 4) is 0 Å². The van der Waals surface area contributed by atoms with E-state index < -0.39 is 0 Å². The summed E-state index contributed by atoms with van der Waals surface area (Å²) in [5.74, 6) is -0.353. The van der Waals surface area contributed by atoms with E-state index in [0.717, 1.165) is 24.0 Å². The number of ether oxygens (including phenoxy) is 3. The molecule has 144 valence electrons. The number of carbonyl (C=O) groups is 1. The van der Waals surface area contributed by atoms with Crippen molar-refractivity contribution in [3.05, 3.63) is 71.3 Å². The molecule has 5 nitrogen and oxygen atoms in total. The van der Waals surface area contributed by atoms with Gasteiger partial charge in [0.1, 0.15) is 6.61 Å². The highest BCUT2D eigenvalue weighted by Gasteiger charge is 2.26. The van der Waals surface area contributed by atoms with Gasteiger partial charge in [-0.3, -0.25) is 0 Å². The summed E-state index contributed by atoms with van der Waals surface area (Å²) < 4.78 is 17.1. The summed E-state index contributed by atoms with van der Waals surface area (Å²) in [7, 11) is 0. The van der Waals surface area contributed by atoms with E-state index in [1.165, 1.54) is 0 Å². The average molecular weight is 370 g/mol. The van der Waals surface area contributed by atoms with E-state index >= 15 is 0 Å². The van der Waals surface area contributed by atoms with Gasteiger partial charge >= 0.3 is 5.97 Å². The Kier molecular flexibility index (Phi) is 6.98. The smallest absolute Gasteiger partial charge is 0.338 e. The van der Waals surface area contributed by atoms with Crippen LogP contribution in [0.15, 0.2) is 65.8 Å². The third kappa shape index (κ3) is 5.63. The molecule has 1 aromatic rings. The zero-order valence-electron chi connectivity index (χ0n) is 15.5. The van der Waals surface area contributed by atoms with Gasteiger partial charge in [-0.1, -0.05) is 42.5 Å². The molecule has 1 N–H and O–H groups in total. The Labute approximate surface area is 159 Å². The Balaban J connectivity index is 1.51. The molecule has 0 radical (unpaired) electrons. The maximum absolute atomic E-state index is 12.4. The second-order valence-electron chi connectivity index (χ2n) is 6.85. The maximum atomic E-state index is 12.4. The molecule has 1 aromatic carbocycles. The number of allylic oxidation sites excluding steroid dienone is 2. The van der Waals surface area contributed by atoms with E-state index in [-0.39, 0.29) is 37.5 Å². The first-order valence-corrected chi connectivity index (χ1v) is 9.31. The molecule has 0 amide bonds. The van der Waals surface area contributed by atoms with Crippen LogP contribution in [0.3, 0.4) is 0 Å². The van der Waals surface area contributed by atoms with Crippen molar-refractivity contribution in [2.24, 2.45) is 0 Å². The van der Waals surface area contributed by atoms with Gasteiger partial charge in [-0.2, -0.15) is 0 Å². The van der Waals surface area contributed by atoms with Crippen LogP contribution >= 0.6 is 0 Å². The molecule has 0 aromatic heterocycles. The van der Waals surface area contributed by atoms with E-state index in [4.69, 9.17) is 19.3 Å². The Hall–Kier alpha value is -2.21. The van der Waals surface area contributed by atoms with Crippen LogP contribution in [0.2, 0.25) is 0 Å². The fraction of sp³-hybridized carbons (Fsp3) is 0.409. The highest BCUT2D eigenvalue weighted by molar-refractivity contribution is 5.92. The Bertz CT molecular complexity index is 719. The fourth-order valence-electron chi connectivity index (χ4n) is 3.16. The second kappa shape index (κ2) is 9.65. The SMILES string of the molecule is CC1=CC(C(=O)OCc2ccccc2)=CC=CC1OC[C@H]1CC[C@@H](CO)O1. The molecule has 3 rings (SSSR count). The van der Waals surface area contributed by atoms with Crippen molar-refractivity contribution in [2.45, 2.75) is 44.7 Å². The Morgan fingerprint density at radius 3 is 2.74 bits per heavy atom. The highest BCUT2D eigenvalue weighted by atomic mass is 16.6. The van der Waals surface area contributed by atoms with Crippen LogP contribution in [-0.4, -0.2) is 42.6 Å². The molecule has 1 unspecified atom stereocenters. The first kappa shape index (κ1) is 19.5. The lowest BCUT2D eigenvalue weighted by molar-refractivity contribution is -0.139. The molecular weight excluding hydrogens is 344 g/mol. The lowest BCUT2D eigenvalue weighted by Gasteiger charge is -2.18. The van der Waals surface area contributed by atoms with Crippen molar-refractivity contribution < 1.29 is 24.1 Å². The van der Waals surface area contributed by atoms with E-state index in [9.17, 15) is 4.79 Å². The molecule has 2 aliphatic rings. The van der Waals surface area contributed by atoms with E-state index in [1.54, 1.807) is 6.08 Å². The number of hydrogen-bond donors (Lipinski definition) is 1. The third-order valence-corrected chi connectivity index (χ3v) is 4.70. The largest absolute Gasteiger partial charge is 0.457 e. The van der Waals surface area contributed by atoms with Gasteiger partial charge in [0.2, 0.25) is 0 Å². The number of rotatable bonds is 7. The van der Waals surface area contributed by atoms with E-state index in [0.29, 0.717) is 12.2 Å². The summed E-state index contributed by atoms with van der Waals surface area (Å²) in [5.41, 5.74) is 2.39. The van der Waals surface area contributed by atoms with Crippen LogP contribution in [0.4, 0.5) is 0 Å². The van der Waals surface area contributed by atoms with Crippen LogP contribution < -0.4 is 0 Å².